The van der Waals surface area contributed by atoms with E-state index in [1.807, 2.05) is 0 Å². The lowest BCUT2D eigenvalue weighted by Gasteiger charge is -2.06. The van der Waals surface area contributed by atoms with Crippen molar-refractivity contribution in [2.45, 2.75) is 12.2 Å². The number of halogens is 1. The number of rotatable bonds is 5. The average Bonchev–Trinajstić information content (AvgIpc) is 1.97. The Hall–Kier alpha value is -1.55. The second-order valence-corrected chi connectivity index (χ2v) is 2.08. The Morgan fingerprint density at radius 1 is 1.00 bits per heavy atom. The smallest absolute Gasteiger partial charge is 0.330 e. The molecule has 11 heteroatoms. The summed E-state index contributed by atoms with van der Waals surface area (Å²) in [4.78, 5) is 25.8. The van der Waals surface area contributed by atoms with Gasteiger partial charge in [0.15, 0.2) is 21.2 Å². The number of nitro groups is 3. The molecule has 0 atom stereocenters. The molecule has 0 aliphatic carbocycles. The van der Waals surface area contributed by atoms with Crippen molar-refractivity contribution in [3.8, 4) is 0 Å². The predicted octanol–water partition coefficient (Wildman–Crippen LogP) is -0.759. The summed E-state index contributed by atoms with van der Waals surface area (Å²) in [6, 6.07) is 0. The molecule has 82 valence electrons. The molecule has 10 nitrogen and oxygen atoms in total. The summed E-state index contributed by atoms with van der Waals surface area (Å²) in [6.45, 7) is -0.511. The van der Waals surface area contributed by atoms with Crippen molar-refractivity contribution in [3.05, 3.63) is 30.3 Å². The molecule has 0 saturated heterocycles. The lowest BCUT2D eigenvalue weighted by Crippen LogP contribution is -2.54. The third-order valence-electron chi connectivity index (χ3n) is 1.36. The van der Waals surface area contributed by atoms with E-state index in [2.05, 4.69) is 0 Å². The Morgan fingerprint density at radius 2 is 1.29 bits per heavy atom. The van der Waals surface area contributed by atoms with E-state index in [0.29, 0.717) is 0 Å². The van der Waals surface area contributed by atoms with Gasteiger partial charge in [0.2, 0.25) is 0 Å². The minimum atomic E-state index is -3.41. The number of hydrogen-bond acceptors (Lipinski definition) is 7. The first-order valence-corrected chi connectivity index (χ1v) is 3.03. The van der Waals surface area contributed by atoms with Crippen LogP contribution in [0, 0.1) is 30.3 Å². The van der Waals surface area contributed by atoms with Gasteiger partial charge in [0.1, 0.15) is 0 Å². The third kappa shape index (κ3) is 2.23. The fourth-order valence-corrected chi connectivity index (χ4v) is 0.668. The number of nitrogens with zero attached hydrogens (tertiary/aromatic N) is 3. The SMILES string of the molecule is Cl.NCCC([N+](=O)[O-])([N+](=O)[O-])[N+](=O)[O-]. The van der Waals surface area contributed by atoms with Crippen LogP contribution in [0.3, 0.4) is 0 Å². The van der Waals surface area contributed by atoms with E-state index in [1.165, 1.54) is 0 Å². The lowest BCUT2D eigenvalue weighted by atomic mass is 10.2. The first kappa shape index (κ1) is 14.9. The summed E-state index contributed by atoms with van der Waals surface area (Å²) in [5.41, 5.74) is 4.81. The van der Waals surface area contributed by atoms with Crippen molar-refractivity contribution >= 4 is 12.4 Å². The Morgan fingerprint density at radius 3 is 1.36 bits per heavy atom. The maximum absolute atomic E-state index is 10.2. The van der Waals surface area contributed by atoms with Crippen molar-refractivity contribution in [1.82, 2.24) is 0 Å². The second kappa shape index (κ2) is 5.24. The van der Waals surface area contributed by atoms with Gasteiger partial charge < -0.3 is 5.73 Å². The van der Waals surface area contributed by atoms with Gasteiger partial charge in [-0.2, -0.15) is 0 Å². The monoisotopic (exact) mass is 230 g/mol. The molecule has 0 aromatic heterocycles. The molecule has 0 aromatic rings. The highest BCUT2D eigenvalue weighted by Crippen LogP contribution is 2.15. The Bertz CT molecular complexity index is 219. The molecule has 0 heterocycles. The standard InChI is InChI=1S/C3H6N4O6.ClH/c4-2-1-3(5(8)9,6(10)11)7(12)13;/h1-2,4H2;1H. The van der Waals surface area contributed by atoms with Crippen LogP contribution >= 0.6 is 12.4 Å². The molecule has 0 unspecified atom stereocenters. The van der Waals surface area contributed by atoms with Crippen LogP contribution in [0.5, 0.6) is 0 Å². The fourth-order valence-electron chi connectivity index (χ4n) is 0.668. The van der Waals surface area contributed by atoms with E-state index < -0.39 is 33.5 Å². The Balaban J connectivity index is 0. The van der Waals surface area contributed by atoms with Gasteiger partial charge in [-0.1, -0.05) is 0 Å². The van der Waals surface area contributed by atoms with Crippen LogP contribution in [0.4, 0.5) is 0 Å². The van der Waals surface area contributed by atoms with Crippen LogP contribution in [-0.4, -0.2) is 27.1 Å². The summed E-state index contributed by atoms with van der Waals surface area (Å²) in [7, 11) is 0. The fraction of sp³-hybridized carbons (Fsp3) is 1.00. The molecule has 0 aromatic carbocycles. The van der Waals surface area contributed by atoms with E-state index >= 15 is 0 Å². The zero-order chi connectivity index (χ0) is 10.6. The van der Waals surface area contributed by atoms with Crippen LogP contribution < -0.4 is 5.73 Å². The van der Waals surface area contributed by atoms with Gasteiger partial charge in [0.25, 0.3) is 0 Å². The highest BCUT2D eigenvalue weighted by atomic mass is 35.5. The zero-order valence-electron chi connectivity index (χ0n) is 6.69. The molecular weight excluding hydrogens is 224 g/mol. The molecule has 0 aliphatic heterocycles. The predicted molar refractivity (Wildman–Crippen MR) is 44.6 cm³/mol. The molecule has 0 spiro atoms. The van der Waals surface area contributed by atoms with Crippen LogP contribution in [-0.2, 0) is 0 Å². The van der Waals surface area contributed by atoms with Crippen molar-refractivity contribution in [3.63, 3.8) is 0 Å². The topological polar surface area (TPSA) is 155 Å². The third-order valence-corrected chi connectivity index (χ3v) is 1.36. The number of hydrogen-bond donors (Lipinski definition) is 1. The molecule has 0 amide bonds. The minimum Gasteiger partial charge on any atom is -0.330 e. The van der Waals surface area contributed by atoms with Crippen LogP contribution in [0.1, 0.15) is 6.42 Å². The Labute approximate surface area is 82.9 Å². The minimum absolute atomic E-state index is 0. The van der Waals surface area contributed by atoms with Crippen molar-refractivity contribution in [2.24, 2.45) is 5.73 Å². The summed E-state index contributed by atoms with van der Waals surface area (Å²) >= 11 is 0. The van der Waals surface area contributed by atoms with E-state index in [4.69, 9.17) is 5.73 Å². The highest BCUT2D eigenvalue weighted by molar-refractivity contribution is 5.85. The summed E-state index contributed by atoms with van der Waals surface area (Å²) in [6.07, 6.45) is -0.944. The zero-order valence-corrected chi connectivity index (χ0v) is 7.51. The second-order valence-electron chi connectivity index (χ2n) is 2.08. The molecule has 2 N–H and O–H groups in total. The molecule has 0 radical (unpaired) electrons. The van der Waals surface area contributed by atoms with E-state index in [-0.39, 0.29) is 12.4 Å². The first-order valence-electron chi connectivity index (χ1n) is 3.03. The van der Waals surface area contributed by atoms with Gasteiger partial charge >= 0.3 is 5.79 Å². The van der Waals surface area contributed by atoms with Crippen molar-refractivity contribution < 1.29 is 14.8 Å². The molecule has 0 bridgehead atoms. The van der Waals surface area contributed by atoms with Crippen LogP contribution in [0.25, 0.3) is 0 Å². The first-order chi connectivity index (χ1) is 5.89. The maximum atomic E-state index is 10.2. The maximum Gasteiger partial charge on any atom is 0.701 e. The average molecular weight is 231 g/mol. The summed E-state index contributed by atoms with van der Waals surface area (Å²) < 4.78 is 0. The molecule has 14 heavy (non-hydrogen) atoms. The molecule has 0 fully saturated rings. The van der Waals surface area contributed by atoms with Crippen molar-refractivity contribution in [1.29, 1.82) is 0 Å². The molecule has 0 rings (SSSR count). The van der Waals surface area contributed by atoms with Gasteiger partial charge in [0.05, 0.1) is 0 Å². The summed E-state index contributed by atoms with van der Waals surface area (Å²) in [5.74, 6) is -3.41. The largest absolute Gasteiger partial charge is 0.701 e. The van der Waals surface area contributed by atoms with Crippen LogP contribution in [0.15, 0.2) is 0 Å². The molecule has 0 saturated carbocycles. The highest BCUT2D eigenvalue weighted by Gasteiger charge is 2.69. The molecular formula is C3H7ClN4O6. The van der Waals surface area contributed by atoms with Gasteiger partial charge in [-0.15, -0.1) is 12.4 Å². The normalized spacial score (nSPS) is 10.1. The van der Waals surface area contributed by atoms with Gasteiger partial charge in [-0.05, 0) is 0 Å². The van der Waals surface area contributed by atoms with Gasteiger partial charge in [0, 0.05) is 6.54 Å². The summed E-state index contributed by atoms with van der Waals surface area (Å²) in [5, 5.41) is 30.5. The number of nitrogens with two attached hydrogens (primary N) is 1. The van der Waals surface area contributed by atoms with E-state index in [0.717, 1.165) is 0 Å². The Kier molecular flexibility index (Phi) is 5.59. The van der Waals surface area contributed by atoms with Gasteiger partial charge in [-0.25, -0.2) is 0 Å². The molecule has 0 aliphatic rings. The van der Waals surface area contributed by atoms with E-state index in [1.54, 1.807) is 0 Å². The van der Waals surface area contributed by atoms with Gasteiger partial charge in [-0.3, -0.25) is 30.3 Å². The van der Waals surface area contributed by atoms with Crippen molar-refractivity contribution in [2.75, 3.05) is 6.54 Å². The van der Waals surface area contributed by atoms with Crippen LogP contribution in [0.2, 0.25) is 0 Å². The lowest BCUT2D eigenvalue weighted by molar-refractivity contribution is -0.970. The van der Waals surface area contributed by atoms with E-state index in [9.17, 15) is 30.3 Å². The quantitative estimate of drug-likeness (QED) is 0.369.